The number of rotatable bonds is 3. The fourth-order valence-electron chi connectivity index (χ4n) is 3.52. The molecule has 8 heteroatoms. The van der Waals surface area contributed by atoms with Gasteiger partial charge >= 0.3 is 0 Å². The summed E-state index contributed by atoms with van der Waals surface area (Å²) in [7, 11) is -3.02. The predicted octanol–water partition coefficient (Wildman–Crippen LogP) is 1.41. The molecule has 26 heavy (non-hydrogen) atoms. The second kappa shape index (κ2) is 6.92. The Morgan fingerprint density at radius 1 is 1.08 bits per heavy atom. The summed E-state index contributed by atoms with van der Waals surface area (Å²) < 4.78 is 37.0. The Balaban J connectivity index is 1.40. The van der Waals surface area contributed by atoms with Crippen molar-refractivity contribution in [2.45, 2.75) is 18.7 Å². The van der Waals surface area contributed by atoms with E-state index in [2.05, 4.69) is 20.0 Å². The highest BCUT2D eigenvalue weighted by atomic mass is 32.2. The van der Waals surface area contributed by atoms with Crippen molar-refractivity contribution < 1.29 is 12.8 Å². The Morgan fingerprint density at radius 3 is 2.65 bits per heavy atom. The van der Waals surface area contributed by atoms with Gasteiger partial charge in [0.2, 0.25) is 0 Å². The van der Waals surface area contributed by atoms with E-state index in [0.717, 1.165) is 55.4 Å². The van der Waals surface area contributed by atoms with E-state index in [9.17, 15) is 12.8 Å². The van der Waals surface area contributed by atoms with Crippen molar-refractivity contribution in [3.8, 4) is 0 Å². The Bertz CT molecular complexity index is 911. The molecule has 0 bridgehead atoms. The van der Waals surface area contributed by atoms with Crippen LogP contribution in [0.1, 0.15) is 16.8 Å². The number of hydrogen-bond donors (Lipinski definition) is 0. The fourth-order valence-corrected chi connectivity index (χ4v) is 4.90. The van der Waals surface area contributed by atoms with Crippen molar-refractivity contribution in [1.82, 2.24) is 15.1 Å². The van der Waals surface area contributed by atoms with Crippen molar-refractivity contribution >= 4 is 15.7 Å². The number of halogens is 1. The average molecular weight is 376 g/mol. The van der Waals surface area contributed by atoms with Gasteiger partial charge in [-0.2, -0.15) is 5.10 Å². The molecule has 0 saturated carbocycles. The Kier molecular flexibility index (Phi) is 4.62. The summed E-state index contributed by atoms with van der Waals surface area (Å²) in [4.78, 5) is 4.41. The maximum atomic E-state index is 13.3. The lowest BCUT2D eigenvalue weighted by molar-refractivity contribution is 0.249. The van der Waals surface area contributed by atoms with Crippen molar-refractivity contribution in [2.24, 2.45) is 0 Å². The highest BCUT2D eigenvalue weighted by molar-refractivity contribution is 7.90. The van der Waals surface area contributed by atoms with E-state index in [1.807, 2.05) is 12.1 Å². The van der Waals surface area contributed by atoms with Crippen molar-refractivity contribution in [3.05, 3.63) is 53.0 Å². The first-order chi connectivity index (χ1) is 12.5. The van der Waals surface area contributed by atoms with E-state index in [-0.39, 0.29) is 17.3 Å². The van der Waals surface area contributed by atoms with Crippen LogP contribution in [0.25, 0.3) is 0 Å². The van der Waals surface area contributed by atoms with Gasteiger partial charge in [0, 0.05) is 39.1 Å². The van der Waals surface area contributed by atoms with Crippen LogP contribution < -0.4 is 4.90 Å². The average Bonchev–Trinajstić information content (AvgIpc) is 2.61. The number of fused-ring (bicyclic) bond motifs is 1. The number of nitrogens with zero attached hydrogens (tertiary/aromatic N) is 4. The van der Waals surface area contributed by atoms with Crippen LogP contribution >= 0.6 is 0 Å². The molecule has 1 saturated heterocycles. The zero-order chi connectivity index (χ0) is 18.1. The van der Waals surface area contributed by atoms with Gasteiger partial charge in [-0.05, 0) is 29.3 Å². The molecule has 0 N–H and O–H groups in total. The number of anilines is 1. The van der Waals surface area contributed by atoms with Crippen molar-refractivity contribution in [2.75, 3.05) is 36.8 Å². The van der Waals surface area contributed by atoms with Gasteiger partial charge < -0.3 is 4.90 Å². The Hall–Kier alpha value is -2.06. The summed E-state index contributed by atoms with van der Waals surface area (Å²) in [5, 5.41) is 8.54. The lowest BCUT2D eigenvalue weighted by atomic mass is 10.1. The third-order valence-electron chi connectivity index (χ3n) is 4.96. The summed E-state index contributed by atoms with van der Waals surface area (Å²) in [5.74, 6) is 0.753. The van der Waals surface area contributed by atoms with Gasteiger partial charge in [-0.15, -0.1) is 5.10 Å². The summed E-state index contributed by atoms with van der Waals surface area (Å²) in [6.07, 6.45) is 0.451. The summed E-state index contributed by atoms with van der Waals surface area (Å²) in [5.41, 5.74) is 2.55. The minimum absolute atomic E-state index is 0.0599. The minimum atomic E-state index is -3.02. The molecule has 138 valence electrons. The van der Waals surface area contributed by atoms with Crippen LogP contribution in [0.5, 0.6) is 0 Å². The van der Waals surface area contributed by atoms with E-state index in [0.29, 0.717) is 6.42 Å². The van der Waals surface area contributed by atoms with Crippen LogP contribution in [-0.4, -0.2) is 55.4 Å². The molecular formula is C18H21FN4O2S. The first-order valence-electron chi connectivity index (χ1n) is 8.76. The molecule has 0 radical (unpaired) electrons. The third-order valence-corrected chi connectivity index (χ3v) is 6.54. The molecule has 3 heterocycles. The first-order valence-corrected chi connectivity index (χ1v) is 10.6. The normalized spacial score (nSPS) is 20.0. The third kappa shape index (κ3) is 3.86. The van der Waals surface area contributed by atoms with Crippen LogP contribution in [0.15, 0.2) is 30.3 Å². The number of aromatic nitrogens is 2. The molecule has 0 aliphatic carbocycles. The summed E-state index contributed by atoms with van der Waals surface area (Å²) >= 11 is 0. The molecule has 0 unspecified atom stereocenters. The number of aryl methyl sites for hydroxylation is 1. The molecule has 2 aliphatic heterocycles. The topological polar surface area (TPSA) is 66.4 Å². The molecule has 6 nitrogen and oxygen atoms in total. The van der Waals surface area contributed by atoms with Crippen molar-refractivity contribution in [3.63, 3.8) is 0 Å². The number of sulfone groups is 1. The lowest BCUT2D eigenvalue weighted by Gasteiger charge is -2.35. The SMILES string of the molecule is O=S1(=O)CCc2nnc(N3CCN(Cc4cccc(F)c4)CC3)cc2C1. The zero-order valence-electron chi connectivity index (χ0n) is 14.4. The Morgan fingerprint density at radius 2 is 1.88 bits per heavy atom. The van der Waals surface area contributed by atoms with Gasteiger partial charge in [-0.3, -0.25) is 4.90 Å². The van der Waals surface area contributed by atoms with Gasteiger partial charge in [0.15, 0.2) is 15.7 Å². The molecule has 0 atom stereocenters. The summed E-state index contributed by atoms with van der Waals surface area (Å²) in [6.45, 7) is 3.98. The second-order valence-corrected chi connectivity index (χ2v) is 9.09. The molecule has 2 aliphatic rings. The maximum Gasteiger partial charge on any atom is 0.154 e. The van der Waals surface area contributed by atoms with Crippen LogP contribution in [0.4, 0.5) is 10.2 Å². The molecule has 4 rings (SSSR count). The Labute approximate surface area is 152 Å². The quantitative estimate of drug-likeness (QED) is 0.807. The van der Waals surface area contributed by atoms with Crippen LogP contribution in [0.2, 0.25) is 0 Å². The van der Waals surface area contributed by atoms with E-state index in [1.54, 1.807) is 12.1 Å². The van der Waals surface area contributed by atoms with Gasteiger partial charge in [0.1, 0.15) is 5.82 Å². The van der Waals surface area contributed by atoms with Gasteiger partial charge in [0.05, 0.1) is 17.2 Å². The molecule has 0 spiro atoms. The number of hydrogen-bond acceptors (Lipinski definition) is 6. The highest BCUT2D eigenvalue weighted by Crippen LogP contribution is 2.23. The number of piperazine rings is 1. The van der Waals surface area contributed by atoms with Gasteiger partial charge in [-0.25, -0.2) is 12.8 Å². The van der Waals surface area contributed by atoms with E-state index in [4.69, 9.17) is 0 Å². The smallest absolute Gasteiger partial charge is 0.154 e. The molecule has 1 aromatic heterocycles. The molecule has 2 aromatic rings. The number of benzene rings is 1. The standard InChI is InChI=1S/C18H21FN4O2S/c19-16-3-1-2-14(10-16)12-22-5-7-23(8-6-22)18-11-15-13-26(24,25)9-4-17(15)20-21-18/h1-3,10-11H,4-9,12-13H2. The lowest BCUT2D eigenvalue weighted by Crippen LogP contribution is -2.46. The van der Waals surface area contributed by atoms with Crippen LogP contribution in [0.3, 0.4) is 0 Å². The van der Waals surface area contributed by atoms with E-state index in [1.165, 1.54) is 6.07 Å². The molecule has 0 amide bonds. The van der Waals surface area contributed by atoms with Crippen molar-refractivity contribution in [1.29, 1.82) is 0 Å². The van der Waals surface area contributed by atoms with E-state index >= 15 is 0 Å². The molecule has 1 aromatic carbocycles. The van der Waals surface area contributed by atoms with E-state index < -0.39 is 9.84 Å². The van der Waals surface area contributed by atoms with Crippen LogP contribution in [0, 0.1) is 5.82 Å². The molecular weight excluding hydrogens is 355 g/mol. The largest absolute Gasteiger partial charge is 0.353 e. The second-order valence-electron chi connectivity index (χ2n) is 6.91. The minimum Gasteiger partial charge on any atom is -0.353 e. The highest BCUT2D eigenvalue weighted by Gasteiger charge is 2.25. The zero-order valence-corrected chi connectivity index (χ0v) is 15.3. The first kappa shape index (κ1) is 17.4. The van der Waals surface area contributed by atoms with Crippen LogP contribution in [-0.2, 0) is 28.6 Å². The predicted molar refractivity (Wildman–Crippen MR) is 97.1 cm³/mol. The van der Waals surface area contributed by atoms with Gasteiger partial charge in [-0.1, -0.05) is 12.1 Å². The maximum absolute atomic E-state index is 13.3. The fraction of sp³-hybridized carbons (Fsp3) is 0.444. The monoisotopic (exact) mass is 376 g/mol. The molecule has 1 fully saturated rings. The summed E-state index contributed by atoms with van der Waals surface area (Å²) in [6, 6.07) is 8.57. The van der Waals surface area contributed by atoms with Gasteiger partial charge in [0.25, 0.3) is 0 Å².